The van der Waals surface area contributed by atoms with Crippen molar-refractivity contribution < 1.29 is 14.7 Å². The van der Waals surface area contributed by atoms with Gasteiger partial charge in [0.05, 0.1) is 6.42 Å². The van der Waals surface area contributed by atoms with E-state index in [0.717, 1.165) is 12.8 Å². The Hall–Kier alpha value is -1.50. The van der Waals surface area contributed by atoms with Crippen molar-refractivity contribution in [3.63, 3.8) is 0 Å². The molecule has 1 amide bonds. The number of carboxylic acids is 1. The molecule has 0 saturated carbocycles. The first kappa shape index (κ1) is 12.5. The average Bonchev–Trinajstić information content (AvgIpc) is 2.11. The molecular formula is C10H15NO3. The van der Waals surface area contributed by atoms with Gasteiger partial charge in [0.15, 0.2) is 0 Å². The zero-order chi connectivity index (χ0) is 10.8. The summed E-state index contributed by atoms with van der Waals surface area (Å²) in [6.07, 6.45) is 7.49. The van der Waals surface area contributed by atoms with E-state index in [0.29, 0.717) is 13.0 Å². The predicted molar refractivity (Wildman–Crippen MR) is 52.6 cm³/mol. The molecule has 4 heteroatoms. The molecule has 4 nitrogen and oxygen atoms in total. The summed E-state index contributed by atoms with van der Waals surface area (Å²) in [7, 11) is 0. The molecule has 0 bridgehead atoms. The molecule has 78 valence electrons. The van der Waals surface area contributed by atoms with Crippen molar-refractivity contribution >= 4 is 11.9 Å². The van der Waals surface area contributed by atoms with Gasteiger partial charge in [0, 0.05) is 13.0 Å². The Labute approximate surface area is 83.7 Å². The largest absolute Gasteiger partial charge is 0.481 e. The van der Waals surface area contributed by atoms with Gasteiger partial charge in [-0.25, -0.2) is 0 Å². The maximum Gasteiger partial charge on any atom is 0.303 e. The van der Waals surface area contributed by atoms with E-state index in [9.17, 15) is 9.59 Å². The molecule has 0 radical (unpaired) electrons. The van der Waals surface area contributed by atoms with Gasteiger partial charge >= 0.3 is 5.97 Å². The van der Waals surface area contributed by atoms with Crippen LogP contribution in [-0.2, 0) is 9.59 Å². The van der Waals surface area contributed by atoms with E-state index < -0.39 is 5.97 Å². The van der Waals surface area contributed by atoms with Gasteiger partial charge in [0.1, 0.15) is 0 Å². The summed E-state index contributed by atoms with van der Waals surface area (Å²) >= 11 is 0. The van der Waals surface area contributed by atoms with Crippen molar-refractivity contribution in [2.45, 2.75) is 32.1 Å². The maximum absolute atomic E-state index is 10.8. The third-order valence-electron chi connectivity index (χ3n) is 1.65. The highest BCUT2D eigenvalue weighted by Gasteiger charge is 1.98. The number of carboxylic acid groups (broad SMARTS) is 1. The quantitative estimate of drug-likeness (QED) is 0.468. The van der Waals surface area contributed by atoms with Crippen molar-refractivity contribution in [1.29, 1.82) is 0 Å². The first-order valence-electron chi connectivity index (χ1n) is 4.58. The molecule has 0 spiro atoms. The Morgan fingerprint density at radius 2 is 2.00 bits per heavy atom. The fourth-order valence-electron chi connectivity index (χ4n) is 0.961. The van der Waals surface area contributed by atoms with Gasteiger partial charge in [0.25, 0.3) is 0 Å². The maximum atomic E-state index is 10.8. The number of terminal acetylenes is 1. The third-order valence-corrected chi connectivity index (χ3v) is 1.65. The zero-order valence-corrected chi connectivity index (χ0v) is 8.08. The normalized spacial score (nSPS) is 9.07. The van der Waals surface area contributed by atoms with E-state index in [1.807, 2.05) is 0 Å². The van der Waals surface area contributed by atoms with Crippen LogP contribution in [0, 0.1) is 12.3 Å². The molecule has 0 aromatic heterocycles. The van der Waals surface area contributed by atoms with Gasteiger partial charge in [-0.05, 0) is 12.8 Å². The molecule has 0 aliphatic heterocycles. The Morgan fingerprint density at radius 1 is 1.29 bits per heavy atom. The summed E-state index contributed by atoms with van der Waals surface area (Å²) in [5, 5.41) is 11.0. The fraction of sp³-hybridized carbons (Fsp3) is 0.600. The van der Waals surface area contributed by atoms with Crippen LogP contribution < -0.4 is 5.32 Å². The highest BCUT2D eigenvalue weighted by atomic mass is 16.4. The Kier molecular flexibility index (Phi) is 7.24. The van der Waals surface area contributed by atoms with E-state index >= 15 is 0 Å². The van der Waals surface area contributed by atoms with Crippen molar-refractivity contribution in [2.24, 2.45) is 0 Å². The molecule has 2 N–H and O–H groups in total. The molecule has 0 heterocycles. The average molecular weight is 197 g/mol. The van der Waals surface area contributed by atoms with Gasteiger partial charge in [-0.2, -0.15) is 0 Å². The molecule has 0 aliphatic rings. The molecule has 14 heavy (non-hydrogen) atoms. The summed E-state index contributed by atoms with van der Waals surface area (Å²) in [4.78, 5) is 21.0. The van der Waals surface area contributed by atoms with Crippen LogP contribution in [-0.4, -0.2) is 23.5 Å². The number of hydrogen-bond acceptors (Lipinski definition) is 2. The molecule has 0 aromatic rings. The summed E-state index contributed by atoms with van der Waals surface area (Å²) < 4.78 is 0. The number of carbonyl (C=O) groups is 2. The number of carbonyl (C=O) groups excluding carboxylic acids is 1. The molecule has 0 aliphatic carbocycles. The number of rotatable bonds is 7. The molecule has 0 aromatic carbocycles. The molecule has 0 atom stereocenters. The van der Waals surface area contributed by atoms with Gasteiger partial charge in [-0.3, -0.25) is 9.59 Å². The number of aliphatic carboxylic acids is 1. The topological polar surface area (TPSA) is 66.4 Å². The van der Waals surface area contributed by atoms with E-state index in [1.165, 1.54) is 0 Å². The van der Waals surface area contributed by atoms with Crippen molar-refractivity contribution in [3.05, 3.63) is 0 Å². The molecule has 0 fully saturated rings. The van der Waals surface area contributed by atoms with Crippen LogP contribution in [0.15, 0.2) is 0 Å². The number of nitrogens with one attached hydrogen (secondary N) is 1. The van der Waals surface area contributed by atoms with Gasteiger partial charge < -0.3 is 10.4 Å². The second kappa shape index (κ2) is 8.11. The van der Waals surface area contributed by atoms with E-state index in [4.69, 9.17) is 11.5 Å². The van der Waals surface area contributed by atoms with Crippen LogP contribution in [0.1, 0.15) is 32.1 Å². The van der Waals surface area contributed by atoms with E-state index in [1.54, 1.807) is 0 Å². The summed E-state index contributed by atoms with van der Waals surface area (Å²) in [6, 6.07) is 0. The number of amides is 1. The minimum absolute atomic E-state index is 0.106. The Balaban J connectivity index is 3.18. The summed E-state index contributed by atoms with van der Waals surface area (Å²) in [5.74, 6) is 1.32. The van der Waals surface area contributed by atoms with Crippen molar-refractivity contribution in [1.82, 2.24) is 5.32 Å². The SMILES string of the molecule is C#CCC(=O)NCCCCCC(=O)O. The minimum Gasteiger partial charge on any atom is -0.481 e. The second-order valence-corrected chi connectivity index (χ2v) is 2.94. The first-order chi connectivity index (χ1) is 6.66. The van der Waals surface area contributed by atoms with Crippen LogP contribution in [0.4, 0.5) is 0 Å². The van der Waals surface area contributed by atoms with Crippen molar-refractivity contribution in [2.75, 3.05) is 6.54 Å². The zero-order valence-electron chi connectivity index (χ0n) is 8.08. The number of unbranched alkanes of at least 4 members (excludes halogenated alkanes) is 2. The van der Waals surface area contributed by atoms with Gasteiger partial charge in [-0.1, -0.05) is 12.3 Å². The molecule has 0 rings (SSSR count). The summed E-state index contributed by atoms with van der Waals surface area (Å²) in [6.45, 7) is 0.570. The second-order valence-electron chi connectivity index (χ2n) is 2.94. The molecular weight excluding hydrogens is 182 g/mol. The molecule has 0 saturated heterocycles. The van der Waals surface area contributed by atoms with Crippen LogP contribution >= 0.6 is 0 Å². The highest BCUT2D eigenvalue weighted by Crippen LogP contribution is 1.98. The lowest BCUT2D eigenvalue weighted by Crippen LogP contribution is -2.23. The lowest BCUT2D eigenvalue weighted by Gasteiger charge is -2.01. The lowest BCUT2D eigenvalue weighted by atomic mass is 10.2. The van der Waals surface area contributed by atoms with Gasteiger partial charge in [-0.15, -0.1) is 6.42 Å². The Morgan fingerprint density at radius 3 is 2.57 bits per heavy atom. The van der Waals surface area contributed by atoms with Crippen LogP contribution in [0.2, 0.25) is 0 Å². The first-order valence-corrected chi connectivity index (χ1v) is 4.58. The van der Waals surface area contributed by atoms with Crippen LogP contribution in [0.5, 0.6) is 0 Å². The monoisotopic (exact) mass is 197 g/mol. The van der Waals surface area contributed by atoms with Crippen molar-refractivity contribution in [3.8, 4) is 12.3 Å². The van der Waals surface area contributed by atoms with Crippen LogP contribution in [0.25, 0.3) is 0 Å². The van der Waals surface area contributed by atoms with Gasteiger partial charge in [0.2, 0.25) is 5.91 Å². The predicted octanol–water partition coefficient (Wildman–Crippen LogP) is 0.771. The van der Waals surface area contributed by atoms with E-state index in [-0.39, 0.29) is 18.7 Å². The third kappa shape index (κ3) is 8.60. The van der Waals surface area contributed by atoms with E-state index in [2.05, 4.69) is 11.2 Å². The number of hydrogen-bond donors (Lipinski definition) is 2. The smallest absolute Gasteiger partial charge is 0.303 e. The summed E-state index contributed by atoms with van der Waals surface area (Å²) in [5.41, 5.74) is 0. The Bertz CT molecular complexity index is 230. The standard InChI is InChI=1S/C10H15NO3/c1-2-6-9(12)11-8-5-3-4-7-10(13)14/h1H,3-8H2,(H,11,12)(H,13,14). The molecule has 0 unspecified atom stereocenters. The fourth-order valence-corrected chi connectivity index (χ4v) is 0.961. The highest BCUT2D eigenvalue weighted by molar-refractivity contribution is 5.78. The minimum atomic E-state index is -0.777. The van der Waals surface area contributed by atoms with Crippen LogP contribution in [0.3, 0.4) is 0 Å². The lowest BCUT2D eigenvalue weighted by molar-refractivity contribution is -0.137.